The Morgan fingerprint density at radius 3 is 2.74 bits per heavy atom. The number of aromatic nitrogens is 4. The van der Waals surface area contributed by atoms with E-state index in [0.717, 1.165) is 10.9 Å². The van der Waals surface area contributed by atoms with Gasteiger partial charge in [0.05, 0.1) is 28.7 Å². The summed E-state index contributed by atoms with van der Waals surface area (Å²) in [5, 5.41) is 11.4. The van der Waals surface area contributed by atoms with Crippen molar-refractivity contribution in [2.45, 2.75) is 13.0 Å². The number of amides is 2. The number of carbonyl (C=O) groups excluding carboxylic acids is 2. The van der Waals surface area contributed by atoms with E-state index in [2.05, 4.69) is 20.5 Å². The summed E-state index contributed by atoms with van der Waals surface area (Å²) in [6.07, 6.45) is 1.62. The lowest BCUT2D eigenvalue weighted by Crippen LogP contribution is -2.36. The molecule has 2 amide bonds. The molecule has 4 aromatic rings. The van der Waals surface area contributed by atoms with Crippen LogP contribution < -0.4 is 15.8 Å². The second-order valence-corrected chi connectivity index (χ2v) is 7.55. The molecule has 0 aliphatic carbocycles. The number of aromatic amines is 1. The minimum atomic E-state index is -0.464. The van der Waals surface area contributed by atoms with Gasteiger partial charge in [-0.2, -0.15) is 5.10 Å². The maximum atomic E-state index is 12.6. The van der Waals surface area contributed by atoms with Crippen LogP contribution in [0.3, 0.4) is 0 Å². The SMILES string of the molecule is O=C(NCCn1cnc2ccccc2c1=O)C1CC(=O)N(c2n[nH]c3ccccc23)C1. The van der Waals surface area contributed by atoms with Crippen molar-refractivity contribution in [2.75, 3.05) is 18.0 Å². The van der Waals surface area contributed by atoms with Gasteiger partial charge in [-0.15, -0.1) is 0 Å². The molecule has 5 rings (SSSR count). The van der Waals surface area contributed by atoms with Gasteiger partial charge in [0.25, 0.3) is 5.56 Å². The molecule has 3 heterocycles. The summed E-state index contributed by atoms with van der Waals surface area (Å²) in [4.78, 5) is 43.5. The van der Waals surface area contributed by atoms with Gasteiger partial charge in [-0.05, 0) is 24.3 Å². The largest absolute Gasteiger partial charge is 0.354 e. The van der Waals surface area contributed by atoms with Crippen LogP contribution >= 0.6 is 0 Å². The van der Waals surface area contributed by atoms with Crippen LogP contribution in [0.25, 0.3) is 21.8 Å². The van der Waals surface area contributed by atoms with E-state index in [-0.39, 0.29) is 36.9 Å². The summed E-state index contributed by atoms with van der Waals surface area (Å²) in [6.45, 7) is 0.850. The molecule has 9 heteroatoms. The van der Waals surface area contributed by atoms with Gasteiger partial charge < -0.3 is 5.32 Å². The van der Waals surface area contributed by atoms with Crippen LogP contribution in [-0.2, 0) is 16.1 Å². The molecule has 31 heavy (non-hydrogen) atoms. The molecule has 0 spiro atoms. The maximum absolute atomic E-state index is 12.6. The van der Waals surface area contributed by atoms with Crippen LogP contribution in [0.5, 0.6) is 0 Å². The molecule has 9 nitrogen and oxygen atoms in total. The highest BCUT2D eigenvalue weighted by Gasteiger charge is 2.36. The second-order valence-electron chi connectivity index (χ2n) is 7.55. The predicted octanol–water partition coefficient (Wildman–Crippen LogP) is 1.44. The molecule has 0 bridgehead atoms. The first-order chi connectivity index (χ1) is 15.1. The Morgan fingerprint density at radius 2 is 1.87 bits per heavy atom. The number of carbonyl (C=O) groups is 2. The summed E-state index contributed by atoms with van der Waals surface area (Å²) in [5.74, 6) is -0.260. The van der Waals surface area contributed by atoms with Crippen molar-refractivity contribution < 1.29 is 9.59 Å². The van der Waals surface area contributed by atoms with Crippen LogP contribution in [0, 0.1) is 5.92 Å². The summed E-state index contributed by atoms with van der Waals surface area (Å²) < 4.78 is 1.48. The number of hydrogen-bond acceptors (Lipinski definition) is 5. The monoisotopic (exact) mass is 416 g/mol. The van der Waals surface area contributed by atoms with E-state index in [4.69, 9.17) is 0 Å². The zero-order valence-corrected chi connectivity index (χ0v) is 16.6. The van der Waals surface area contributed by atoms with Gasteiger partial charge >= 0.3 is 0 Å². The van der Waals surface area contributed by atoms with Crippen LogP contribution in [0.1, 0.15) is 6.42 Å². The predicted molar refractivity (Wildman–Crippen MR) is 116 cm³/mol. The van der Waals surface area contributed by atoms with Crippen molar-refractivity contribution in [3.05, 3.63) is 65.2 Å². The van der Waals surface area contributed by atoms with E-state index in [1.54, 1.807) is 23.1 Å². The summed E-state index contributed by atoms with van der Waals surface area (Å²) >= 11 is 0. The first-order valence-electron chi connectivity index (χ1n) is 10.1. The standard InChI is InChI=1S/C22H20N6O3/c29-19-11-14(12-28(19)20-15-5-1-4-8-18(15)25-26-20)21(30)23-9-10-27-13-24-17-7-3-2-6-16(17)22(27)31/h1-8,13-14H,9-12H2,(H,23,30)(H,25,26). The molecule has 0 saturated carbocycles. The second kappa shape index (κ2) is 7.67. The van der Waals surface area contributed by atoms with Crippen molar-refractivity contribution >= 4 is 39.4 Å². The van der Waals surface area contributed by atoms with Crippen molar-refractivity contribution in [1.82, 2.24) is 25.1 Å². The third-order valence-electron chi connectivity index (χ3n) is 5.59. The third kappa shape index (κ3) is 3.43. The van der Waals surface area contributed by atoms with Gasteiger partial charge in [0.1, 0.15) is 0 Å². The zero-order chi connectivity index (χ0) is 21.4. The average molecular weight is 416 g/mol. The Balaban J connectivity index is 1.23. The molecule has 1 atom stereocenters. The first-order valence-corrected chi connectivity index (χ1v) is 10.1. The van der Waals surface area contributed by atoms with Gasteiger partial charge in [-0.3, -0.25) is 28.9 Å². The molecule has 1 unspecified atom stereocenters. The van der Waals surface area contributed by atoms with Crippen molar-refractivity contribution in [2.24, 2.45) is 5.92 Å². The molecule has 1 fully saturated rings. The normalized spacial score (nSPS) is 16.3. The van der Waals surface area contributed by atoms with E-state index in [0.29, 0.717) is 23.3 Å². The average Bonchev–Trinajstić information content (AvgIpc) is 3.38. The summed E-state index contributed by atoms with van der Waals surface area (Å²) in [7, 11) is 0. The number of H-pyrrole nitrogens is 1. The fourth-order valence-corrected chi connectivity index (χ4v) is 3.95. The highest BCUT2D eigenvalue weighted by molar-refractivity contribution is 6.05. The number of nitrogens with zero attached hydrogens (tertiary/aromatic N) is 4. The molecular weight excluding hydrogens is 396 g/mol. The number of hydrogen-bond donors (Lipinski definition) is 2. The van der Waals surface area contributed by atoms with E-state index in [1.807, 2.05) is 30.3 Å². The Bertz CT molecular complexity index is 1360. The minimum Gasteiger partial charge on any atom is -0.354 e. The van der Waals surface area contributed by atoms with Crippen LogP contribution in [0.2, 0.25) is 0 Å². The fourth-order valence-electron chi connectivity index (χ4n) is 3.95. The molecule has 2 aromatic carbocycles. The number of fused-ring (bicyclic) bond motifs is 2. The summed E-state index contributed by atoms with van der Waals surface area (Å²) in [5.41, 5.74) is 1.34. The van der Waals surface area contributed by atoms with Crippen LogP contribution in [0.15, 0.2) is 59.7 Å². The number of para-hydroxylation sites is 2. The molecule has 156 valence electrons. The lowest BCUT2D eigenvalue weighted by Gasteiger charge is -2.14. The number of nitrogens with one attached hydrogen (secondary N) is 2. The van der Waals surface area contributed by atoms with Crippen molar-refractivity contribution in [3.8, 4) is 0 Å². The highest BCUT2D eigenvalue weighted by Crippen LogP contribution is 2.29. The minimum absolute atomic E-state index is 0.129. The fraction of sp³-hybridized carbons (Fsp3) is 0.227. The topological polar surface area (TPSA) is 113 Å². The van der Waals surface area contributed by atoms with Gasteiger partial charge in [-0.25, -0.2) is 4.98 Å². The molecule has 0 radical (unpaired) electrons. The first kappa shape index (κ1) is 19.0. The van der Waals surface area contributed by atoms with Gasteiger partial charge in [0, 0.05) is 31.4 Å². The van der Waals surface area contributed by atoms with E-state index in [1.165, 1.54) is 10.9 Å². The molecule has 2 N–H and O–H groups in total. The van der Waals surface area contributed by atoms with Crippen LogP contribution in [-0.4, -0.2) is 44.7 Å². The highest BCUT2D eigenvalue weighted by atomic mass is 16.2. The quantitative estimate of drug-likeness (QED) is 0.511. The van der Waals surface area contributed by atoms with Gasteiger partial charge in [0.15, 0.2) is 5.82 Å². The Hall–Kier alpha value is -4.01. The number of anilines is 1. The van der Waals surface area contributed by atoms with E-state index in [9.17, 15) is 14.4 Å². The van der Waals surface area contributed by atoms with Crippen LogP contribution in [0.4, 0.5) is 5.82 Å². The third-order valence-corrected chi connectivity index (χ3v) is 5.59. The van der Waals surface area contributed by atoms with Gasteiger partial charge in [0.2, 0.25) is 11.8 Å². The Kier molecular flexibility index (Phi) is 4.70. The smallest absolute Gasteiger partial charge is 0.261 e. The van der Waals surface area contributed by atoms with Crippen molar-refractivity contribution in [1.29, 1.82) is 0 Å². The molecule has 1 saturated heterocycles. The molecule has 2 aromatic heterocycles. The Labute approximate surface area is 176 Å². The maximum Gasteiger partial charge on any atom is 0.261 e. The Morgan fingerprint density at radius 1 is 1.10 bits per heavy atom. The van der Waals surface area contributed by atoms with Gasteiger partial charge in [-0.1, -0.05) is 24.3 Å². The molecular formula is C22H20N6O3. The zero-order valence-electron chi connectivity index (χ0n) is 16.6. The lowest BCUT2D eigenvalue weighted by molar-refractivity contribution is -0.126. The number of benzene rings is 2. The van der Waals surface area contributed by atoms with Crippen molar-refractivity contribution in [3.63, 3.8) is 0 Å². The molecule has 1 aliphatic rings. The van der Waals surface area contributed by atoms with E-state index < -0.39 is 5.92 Å². The summed E-state index contributed by atoms with van der Waals surface area (Å²) in [6, 6.07) is 14.7. The number of rotatable bonds is 5. The lowest BCUT2D eigenvalue weighted by atomic mass is 10.1. The molecule has 1 aliphatic heterocycles. The van der Waals surface area contributed by atoms with E-state index >= 15 is 0 Å².